The number of benzene rings is 1. The smallest absolute Gasteiger partial charge is 0.387 e. The molecule has 15 heteroatoms. The van der Waals surface area contributed by atoms with Gasteiger partial charge in [0.2, 0.25) is 5.91 Å². The number of nitrogen functional groups attached to an aromatic ring is 1. The van der Waals surface area contributed by atoms with Gasteiger partial charge in [-0.15, -0.1) is 11.8 Å². The summed E-state index contributed by atoms with van der Waals surface area (Å²) in [5.41, 5.74) is 6.24. The van der Waals surface area contributed by atoms with Gasteiger partial charge in [0.1, 0.15) is 29.4 Å². The van der Waals surface area contributed by atoms with Crippen molar-refractivity contribution in [3.05, 3.63) is 54.9 Å². The lowest BCUT2D eigenvalue weighted by Crippen LogP contribution is -2.48. The number of thioether (sulfide) groups is 1. The number of carbonyl (C=O) groups is 2. The number of carbonyl (C=O) groups excluding carboxylic acids is 2. The maximum absolute atomic E-state index is 13.4. The number of amides is 2. The van der Waals surface area contributed by atoms with E-state index in [-0.39, 0.29) is 52.6 Å². The molecule has 3 aromatic rings. The molecule has 0 unspecified atom stereocenters. The molecule has 4 rings (SSSR count). The first-order valence-electron chi connectivity index (χ1n) is 14.9. The summed E-state index contributed by atoms with van der Waals surface area (Å²) in [6.07, 6.45) is 10.8. The van der Waals surface area contributed by atoms with Gasteiger partial charge in [0, 0.05) is 48.5 Å². The van der Waals surface area contributed by atoms with Crippen molar-refractivity contribution in [3.8, 4) is 23.1 Å². The third-order valence-corrected chi connectivity index (χ3v) is 8.52. The van der Waals surface area contributed by atoms with Gasteiger partial charge in [-0.05, 0) is 64.3 Å². The van der Waals surface area contributed by atoms with Crippen molar-refractivity contribution < 1.29 is 23.1 Å². The number of hydrogen-bond donors (Lipinski definition) is 2. The van der Waals surface area contributed by atoms with Gasteiger partial charge >= 0.3 is 6.61 Å². The number of likely N-dealkylation sites (tertiary alicyclic amines) is 1. The number of nitrogens with zero attached hydrogens (tertiary/aromatic N) is 7. The Kier molecular flexibility index (Phi) is 11.4. The molecular weight excluding hydrogens is 628 g/mol. The number of allylic oxidation sites excluding steroid dienone is 2. The Morgan fingerprint density at radius 3 is 2.70 bits per heavy atom. The van der Waals surface area contributed by atoms with E-state index in [1.165, 1.54) is 51.9 Å². The van der Waals surface area contributed by atoms with Crippen LogP contribution in [-0.2, 0) is 11.3 Å². The molecule has 3 N–H and O–H groups in total. The Bertz CT molecular complexity index is 1670. The predicted molar refractivity (Wildman–Crippen MR) is 178 cm³/mol. The normalized spacial score (nSPS) is 14.1. The second-order valence-electron chi connectivity index (χ2n) is 11.8. The number of hydrogen-bond acceptors (Lipinski definition) is 9. The minimum atomic E-state index is -3.10. The van der Waals surface area contributed by atoms with Gasteiger partial charge < -0.3 is 25.6 Å². The fraction of sp³-hybridized carbons (Fsp3) is 0.406. The van der Waals surface area contributed by atoms with Gasteiger partial charge in [0.05, 0.1) is 23.4 Å². The van der Waals surface area contributed by atoms with Crippen LogP contribution in [0.5, 0.6) is 5.75 Å². The summed E-state index contributed by atoms with van der Waals surface area (Å²) in [6, 6.07) is 7.26. The van der Waals surface area contributed by atoms with Crippen LogP contribution in [0.1, 0.15) is 37.0 Å². The molecule has 1 aliphatic rings. The molecule has 0 atom stereocenters. The van der Waals surface area contributed by atoms with Gasteiger partial charge in [-0.25, -0.2) is 4.68 Å². The third kappa shape index (κ3) is 8.78. The lowest BCUT2D eigenvalue weighted by molar-refractivity contribution is -0.133. The van der Waals surface area contributed by atoms with Crippen LogP contribution >= 0.6 is 11.8 Å². The van der Waals surface area contributed by atoms with Crippen molar-refractivity contribution in [2.45, 2.75) is 50.8 Å². The van der Waals surface area contributed by atoms with Gasteiger partial charge in [0.25, 0.3) is 5.91 Å². The highest BCUT2D eigenvalue weighted by Crippen LogP contribution is 2.38. The predicted octanol–water partition coefficient (Wildman–Crippen LogP) is 5.03. The first-order valence-corrected chi connectivity index (χ1v) is 16.1. The van der Waals surface area contributed by atoms with E-state index < -0.39 is 17.9 Å². The van der Waals surface area contributed by atoms with E-state index in [1.54, 1.807) is 23.1 Å². The second kappa shape index (κ2) is 15.3. The van der Waals surface area contributed by atoms with Gasteiger partial charge in [-0.3, -0.25) is 14.3 Å². The molecule has 2 aromatic heterocycles. The van der Waals surface area contributed by atoms with Crippen molar-refractivity contribution >= 4 is 41.3 Å². The number of rotatable bonds is 13. The van der Waals surface area contributed by atoms with E-state index in [0.717, 1.165) is 17.7 Å². The van der Waals surface area contributed by atoms with Crippen LogP contribution in [0, 0.1) is 16.7 Å². The van der Waals surface area contributed by atoms with Gasteiger partial charge in [-0.2, -0.15) is 24.2 Å². The van der Waals surface area contributed by atoms with Crippen molar-refractivity contribution in [1.82, 2.24) is 29.4 Å². The largest absolute Gasteiger partial charge is 0.434 e. The van der Waals surface area contributed by atoms with Gasteiger partial charge in [-0.1, -0.05) is 12.7 Å². The number of ether oxygens (including phenoxy) is 1. The molecular formula is C32H39F2N9O3S. The Hall–Kier alpha value is -4.68. The van der Waals surface area contributed by atoms with Crippen LogP contribution in [0.2, 0.25) is 0 Å². The van der Waals surface area contributed by atoms with E-state index in [1.807, 2.05) is 27.2 Å². The number of nitrogens with two attached hydrogens (primary N) is 1. The summed E-state index contributed by atoms with van der Waals surface area (Å²) in [5, 5.41) is 20.8. The van der Waals surface area contributed by atoms with Crippen molar-refractivity contribution in [2.24, 2.45) is 5.41 Å². The summed E-state index contributed by atoms with van der Waals surface area (Å²) in [6.45, 7) is 5.85. The molecule has 0 spiro atoms. The minimum absolute atomic E-state index is 0.0704. The summed E-state index contributed by atoms with van der Waals surface area (Å²) in [5.74, 6) is -0.869. The Morgan fingerprint density at radius 1 is 1.34 bits per heavy atom. The first kappa shape index (κ1) is 35.2. The number of alkyl halides is 2. The van der Waals surface area contributed by atoms with Crippen molar-refractivity contribution in [1.29, 1.82) is 5.26 Å². The highest BCUT2D eigenvalue weighted by atomic mass is 32.2. The standard InChI is InChI=1S/C32H39F2N9O3S/c1-6-7-12-43-29(36)24(16-37-43)30(45)38-25-17-42(39-28(25)23-15-22(47-5)8-9-26(23)46-31(33)34)18-27(44)41-13-10-21(11-14-41)40(4)20-32(2,3)19-35/h6-9,12,15-17,21,31H,1,10-11,13-14,18,20,36H2,2-5H3,(H,38,45)/b12-7-. The van der Waals surface area contributed by atoms with E-state index in [2.05, 4.69) is 33.1 Å². The Labute approximate surface area is 276 Å². The lowest BCUT2D eigenvalue weighted by atomic mass is 9.93. The van der Waals surface area contributed by atoms with Gasteiger partial charge in [0.15, 0.2) is 0 Å². The number of nitrogens with one attached hydrogen (secondary N) is 1. The summed E-state index contributed by atoms with van der Waals surface area (Å²) in [4.78, 5) is 31.5. The molecule has 1 aliphatic heterocycles. The topological polar surface area (TPSA) is 147 Å². The third-order valence-electron chi connectivity index (χ3n) is 7.79. The number of piperidine rings is 1. The van der Waals surface area contributed by atoms with Crippen molar-refractivity contribution in [3.63, 3.8) is 0 Å². The molecule has 0 saturated carbocycles. The molecule has 12 nitrogen and oxygen atoms in total. The highest BCUT2D eigenvalue weighted by molar-refractivity contribution is 7.98. The SMILES string of the molecule is C=C/C=C\n1ncc(C(=O)Nc2cn(CC(=O)N3CCC(N(C)CC(C)(C)C#N)CC3)nc2-c2cc(SC)ccc2OC(F)F)c1N. The number of halogens is 2. The molecule has 0 bridgehead atoms. The molecule has 47 heavy (non-hydrogen) atoms. The Balaban J connectivity index is 1.60. The average Bonchev–Trinajstić information content (AvgIpc) is 3.61. The fourth-order valence-corrected chi connectivity index (χ4v) is 5.83. The van der Waals surface area contributed by atoms with Crippen LogP contribution in [0.15, 0.2) is 54.2 Å². The number of anilines is 2. The zero-order chi connectivity index (χ0) is 34.3. The van der Waals surface area contributed by atoms with Crippen LogP contribution in [0.4, 0.5) is 20.3 Å². The van der Waals surface area contributed by atoms with E-state index in [0.29, 0.717) is 19.6 Å². The van der Waals surface area contributed by atoms with Crippen LogP contribution < -0.4 is 15.8 Å². The highest BCUT2D eigenvalue weighted by Gasteiger charge is 2.29. The monoisotopic (exact) mass is 667 g/mol. The molecule has 1 fully saturated rings. The quantitative estimate of drug-likeness (QED) is 0.189. The summed E-state index contributed by atoms with van der Waals surface area (Å²) in [7, 11) is 2.00. The fourth-order valence-electron chi connectivity index (χ4n) is 5.39. The molecule has 2 amide bonds. The molecule has 1 saturated heterocycles. The molecule has 3 heterocycles. The van der Waals surface area contributed by atoms with E-state index in [9.17, 15) is 23.6 Å². The maximum Gasteiger partial charge on any atom is 0.387 e. The first-order chi connectivity index (χ1) is 22.3. The summed E-state index contributed by atoms with van der Waals surface area (Å²) < 4.78 is 34.3. The number of nitriles is 1. The molecule has 0 aliphatic carbocycles. The van der Waals surface area contributed by atoms with Crippen LogP contribution in [0.3, 0.4) is 0 Å². The summed E-state index contributed by atoms with van der Waals surface area (Å²) >= 11 is 1.39. The minimum Gasteiger partial charge on any atom is -0.434 e. The maximum atomic E-state index is 13.4. The van der Waals surface area contributed by atoms with Crippen LogP contribution in [0.25, 0.3) is 17.5 Å². The molecule has 1 aromatic carbocycles. The second-order valence-corrected chi connectivity index (χ2v) is 12.7. The molecule has 0 radical (unpaired) electrons. The van der Waals surface area contributed by atoms with E-state index >= 15 is 0 Å². The zero-order valence-corrected chi connectivity index (χ0v) is 27.6. The van der Waals surface area contributed by atoms with E-state index in [4.69, 9.17) is 10.5 Å². The molecule has 250 valence electrons. The Morgan fingerprint density at radius 2 is 2.06 bits per heavy atom. The number of aromatic nitrogens is 4. The lowest BCUT2D eigenvalue weighted by Gasteiger charge is -2.38. The van der Waals surface area contributed by atoms with Crippen molar-refractivity contribution in [2.75, 3.05) is 44.0 Å². The zero-order valence-electron chi connectivity index (χ0n) is 26.8. The van der Waals surface area contributed by atoms with Crippen LogP contribution in [-0.4, -0.2) is 86.8 Å². The average molecular weight is 668 g/mol.